The van der Waals surface area contributed by atoms with E-state index >= 15 is 0 Å². The molecule has 2 fully saturated rings. The van der Waals surface area contributed by atoms with Gasteiger partial charge in [-0.25, -0.2) is 13.8 Å². The predicted octanol–water partition coefficient (Wildman–Crippen LogP) is 2.64. The highest BCUT2D eigenvalue weighted by Gasteiger charge is 2.59. The summed E-state index contributed by atoms with van der Waals surface area (Å²) in [6.07, 6.45) is 2.55. The number of carbonyl (C=O) groups excluding carboxylic acids is 1. The lowest BCUT2D eigenvalue weighted by atomic mass is 10.1. The number of carbonyl (C=O) groups is 1. The molecule has 3 aromatic rings. The van der Waals surface area contributed by atoms with Gasteiger partial charge in [0.25, 0.3) is 11.5 Å². The molecule has 2 aliphatic rings. The molecule has 9 heteroatoms. The monoisotopic (exact) mass is 451 g/mol. The van der Waals surface area contributed by atoms with Crippen LogP contribution in [0.3, 0.4) is 0 Å². The van der Waals surface area contributed by atoms with Crippen molar-refractivity contribution >= 4 is 11.9 Å². The summed E-state index contributed by atoms with van der Waals surface area (Å²) in [4.78, 5) is 37.4. The van der Waals surface area contributed by atoms with Crippen LogP contribution in [0.4, 0.5) is 14.7 Å². The van der Waals surface area contributed by atoms with Crippen LogP contribution in [0.15, 0.2) is 47.5 Å². The van der Waals surface area contributed by atoms with Crippen LogP contribution in [0, 0.1) is 30.4 Å². The van der Waals surface area contributed by atoms with E-state index in [-0.39, 0.29) is 46.4 Å². The van der Waals surface area contributed by atoms with Crippen LogP contribution in [0.2, 0.25) is 0 Å². The van der Waals surface area contributed by atoms with Gasteiger partial charge < -0.3 is 9.80 Å². The number of pyridine rings is 1. The van der Waals surface area contributed by atoms with Crippen LogP contribution in [0.1, 0.15) is 15.9 Å². The molecule has 1 saturated carbocycles. The van der Waals surface area contributed by atoms with E-state index in [1.807, 2.05) is 11.9 Å². The van der Waals surface area contributed by atoms with Crippen LogP contribution in [0.25, 0.3) is 11.3 Å². The summed E-state index contributed by atoms with van der Waals surface area (Å²) in [5.74, 6) is -0.216. The van der Waals surface area contributed by atoms with Crippen LogP contribution in [0.5, 0.6) is 0 Å². The van der Waals surface area contributed by atoms with Crippen molar-refractivity contribution in [3.63, 3.8) is 0 Å². The Labute approximate surface area is 189 Å². The number of aromatic nitrogens is 3. The minimum absolute atomic E-state index is 0.111. The van der Waals surface area contributed by atoms with Crippen LogP contribution in [-0.2, 0) is 7.05 Å². The van der Waals surface area contributed by atoms with E-state index in [0.29, 0.717) is 30.2 Å². The Balaban J connectivity index is 1.34. The molecule has 2 aromatic heterocycles. The van der Waals surface area contributed by atoms with Gasteiger partial charge in [0.1, 0.15) is 5.82 Å². The van der Waals surface area contributed by atoms with E-state index in [1.165, 1.54) is 29.0 Å². The van der Waals surface area contributed by atoms with Crippen LogP contribution in [-0.4, -0.2) is 51.5 Å². The van der Waals surface area contributed by atoms with Gasteiger partial charge >= 0.3 is 0 Å². The molecule has 0 bridgehead atoms. The number of likely N-dealkylation sites (tertiary alicyclic amines) is 1. The third-order valence-corrected chi connectivity index (χ3v) is 6.78. The second-order valence-electron chi connectivity index (χ2n) is 8.80. The third-order valence-electron chi connectivity index (χ3n) is 6.78. The molecule has 1 aliphatic carbocycles. The fourth-order valence-electron chi connectivity index (χ4n) is 4.84. The fraction of sp³-hybridized carbons (Fsp3) is 0.333. The second kappa shape index (κ2) is 7.75. The molecule has 3 atom stereocenters. The third kappa shape index (κ3) is 3.57. The zero-order valence-electron chi connectivity index (χ0n) is 18.5. The van der Waals surface area contributed by atoms with E-state index in [2.05, 4.69) is 9.97 Å². The molecule has 5 rings (SSSR count). The first-order chi connectivity index (χ1) is 15.8. The van der Waals surface area contributed by atoms with Gasteiger partial charge in [-0.2, -0.15) is 0 Å². The van der Waals surface area contributed by atoms with E-state index in [1.54, 1.807) is 31.0 Å². The van der Waals surface area contributed by atoms with Crippen molar-refractivity contribution in [1.29, 1.82) is 0 Å². The standard InChI is InChI=1S/C24H23F2N5O2/c1-13-4-5-14(8-18(13)25)23(33)31-11-16-17(12-31)22(16)30(3)24-28-20(9-21(32)29(24)2)15-6-7-27-10-19(15)26/h4-10,16-17,22H,11-12H2,1-3H3/t16-,17+,22+. The largest absolute Gasteiger partial charge is 0.342 e. The van der Waals surface area contributed by atoms with Gasteiger partial charge in [0, 0.05) is 68.5 Å². The highest BCUT2D eigenvalue weighted by molar-refractivity contribution is 5.94. The van der Waals surface area contributed by atoms with Crippen molar-refractivity contribution in [3.8, 4) is 11.3 Å². The molecule has 0 radical (unpaired) electrons. The zero-order valence-corrected chi connectivity index (χ0v) is 18.5. The van der Waals surface area contributed by atoms with Crippen molar-refractivity contribution in [3.05, 3.63) is 75.8 Å². The molecular weight excluding hydrogens is 428 g/mol. The average molecular weight is 451 g/mol. The van der Waals surface area contributed by atoms with Crippen LogP contribution >= 0.6 is 0 Å². The molecule has 0 unspecified atom stereocenters. The number of anilines is 1. The average Bonchev–Trinajstić information content (AvgIpc) is 3.29. The lowest BCUT2D eigenvalue weighted by molar-refractivity contribution is 0.0772. The van der Waals surface area contributed by atoms with E-state index < -0.39 is 5.82 Å². The Bertz CT molecular complexity index is 1310. The topological polar surface area (TPSA) is 71.3 Å². The van der Waals surface area contributed by atoms with Gasteiger partial charge in [-0.15, -0.1) is 0 Å². The zero-order chi connectivity index (χ0) is 23.4. The fourth-order valence-corrected chi connectivity index (χ4v) is 4.84. The van der Waals surface area contributed by atoms with Gasteiger partial charge in [0.15, 0.2) is 5.82 Å². The van der Waals surface area contributed by atoms with Gasteiger partial charge in [-0.05, 0) is 30.7 Å². The number of hydrogen-bond acceptors (Lipinski definition) is 5. The summed E-state index contributed by atoms with van der Waals surface area (Å²) in [5.41, 5.74) is 1.03. The Morgan fingerprint density at radius 1 is 1.12 bits per heavy atom. The summed E-state index contributed by atoms with van der Waals surface area (Å²) in [6, 6.07) is 7.46. The number of hydrogen-bond donors (Lipinski definition) is 0. The Kier molecular flexibility index (Phi) is 4.99. The van der Waals surface area contributed by atoms with Crippen molar-refractivity contribution in [1.82, 2.24) is 19.4 Å². The number of piperidine rings is 1. The lowest BCUT2D eigenvalue weighted by Gasteiger charge is -2.26. The number of rotatable bonds is 4. The van der Waals surface area contributed by atoms with Crippen molar-refractivity contribution < 1.29 is 13.6 Å². The van der Waals surface area contributed by atoms with Crippen molar-refractivity contribution in [2.24, 2.45) is 18.9 Å². The molecule has 170 valence electrons. The molecule has 1 amide bonds. The van der Waals surface area contributed by atoms with Gasteiger partial charge in [0.2, 0.25) is 5.95 Å². The molecule has 1 aromatic carbocycles. The first-order valence-corrected chi connectivity index (χ1v) is 10.7. The van der Waals surface area contributed by atoms with Crippen LogP contribution < -0.4 is 10.5 Å². The molecule has 33 heavy (non-hydrogen) atoms. The maximum absolute atomic E-state index is 14.2. The van der Waals surface area contributed by atoms with Crippen molar-refractivity contribution in [2.45, 2.75) is 13.0 Å². The Hall–Kier alpha value is -3.62. The summed E-state index contributed by atoms with van der Waals surface area (Å²) < 4.78 is 29.5. The number of amides is 1. The van der Waals surface area contributed by atoms with E-state index in [0.717, 1.165) is 6.20 Å². The molecule has 7 nitrogen and oxygen atoms in total. The lowest BCUT2D eigenvalue weighted by Crippen LogP contribution is -2.38. The summed E-state index contributed by atoms with van der Waals surface area (Å²) in [5, 5.41) is 0. The normalized spacial score (nSPS) is 21.1. The van der Waals surface area contributed by atoms with Gasteiger partial charge in [0.05, 0.1) is 11.9 Å². The van der Waals surface area contributed by atoms with E-state index in [4.69, 9.17) is 0 Å². The highest BCUT2D eigenvalue weighted by atomic mass is 19.1. The van der Waals surface area contributed by atoms with Crippen molar-refractivity contribution in [2.75, 3.05) is 25.0 Å². The van der Waals surface area contributed by atoms with E-state index in [9.17, 15) is 18.4 Å². The number of halogens is 2. The summed E-state index contributed by atoms with van der Waals surface area (Å²) >= 11 is 0. The predicted molar refractivity (Wildman–Crippen MR) is 119 cm³/mol. The molecular formula is C24H23F2N5O2. The molecule has 1 saturated heterocycles. The van der Waals surface area contributed by atoms with Gasteiger partial charge in [-0.1, -0.05) is 6.07 Å². The quantitative estimate of drug-likeness (QED) is 0.610. The summed E-state index contributed by atoms with van der Waals surface area (Å²) in [7, 11) is 3.49. The minimum Gasteiger partial charge on any atom is -0.342 e. The maximum Gasteiger partial charge on any atom is 0.255 e. The smallest absolute Gasteiger partial charge is 0.255 e. The molecule has 3 heterocycles. The SMILES string of the molecule is Cc1ccc(C(=O)N2C[C@@H]3[C@H](C2)[C@H]3N(C)c2nc(-c3ccncc3F)cc(=O)n2C)cc1F. The maximum atomic E-state index is 14.2. The Morgan fingerprint density at radius 2 is 1.85 bits per heavy atom. The highest BCUT2D eigenvalue weighted by Crippen LogP contribution is 2.49. The first-order valence-electron chi connectivity index (χ1n) is 10.7. The van der Waals surface area contributed by atoms with Gasteiger partial charge in [-0.3, -0.25) is 19.1 Å². The second-order valence-corrected chi connectivity index (χ2v) is 8.80. The number of aryl methyl sites for hydroxylation is 1. The molecule has 1 aliphatic heterocycles. The molecule has 0 N–H and O–H groups in total. The number of benzene rings is 1. The number of fused-ring (bicyclic) bond motifs is 1. The number of nitrogens with zero attached hydrogens (tertiary/aromatic N) is 5. The first kappa shape index (κ1) is 21.2. The Morgan fingerprint density at radius 3 is 2.52 bits per heavy atom. The minimum atomic E-state index is -0.545. The summed E-state index contributed by atoms with van der Waals surface area (Å²) in [6.45, 7) is 2.77. The molecule has 0 spiro atoms.